The number of carbonyl (C=O) groups excluding carboxylic acids is 4. The predicted molar refractivity (Wildman–Crippen MR) is 191 cm³/mol. The minimum Gasteiger partial charge on any atom is -0.497 e. The second-order valence-electron chi connectivity index (χ2n) is 13.2. The molecule has 0 bridgehead atoms. The summed E-state index contributed by atoms with van der Waals surface area (Å²) in [5.41, 5.74) is 2.10. The highest BCUT2D eigenvalue weighted by Crippen LogP contribution is 2.33. The van der Waals surface area contributed by atoms with E-state index in [1.165, 1.54) is 12.0 Å². The Bertz CT molecular complexity index is 1950. The first-order valence-electron chi connectivity index (χ1n) is 16.5. The molecule has 2 N–H and O–H groups in total. The highest BCUT2D eigenvalue weighted by atomic mass is 16.5. The van der Waals surface area contributed by atoms with E-state index in [0.717, 1.165) is 30.4 Å². The van der Waals surface area contributed by atoms with Gasteiger partial charge in [-0.05, 0) is 69.2 Å². The van der Waals surface area contributed by atoms with Crippen LogP contribution < -0.4 is 20.1 Å². The summed E-state index contributed by atoms with van der Waals surface area (Å²) in [5, 5.41) is 4.90. The lowest BCUT2D eigenvalue weighted by atomic mass is 9.97. The number of allylic oxidation sites excluding steroid dienone is 2. The summed E-state index contributed by atoms with van der Waals surface area (Å²) in [6.07, 6.45) is 6.82. The molecular formula is C39H41N5O6. The zero-order chi connectivity index (χ0) is 36.1. The number of fused-ring (bicyclic) bond motifs is 1. The molecule has 0 radical (unpaired) electrons. The van der Waals surface area contributed by atoms with Gasteiger partial charge < -0.3 is 19.7 Å². The maximum atomic E-state index is 13.3. The first-order chi connectivity index (χ1) is 23.9. The van der Waals surface area contributed by atoms with E-state index in [1.807, 2.05) is 6.07 Å². The molecule has 2 aliphatic rings. The molecule has 1 unspecified atom stereocenters. The van der Waals surface area contributed by atoms with E-state index in [4.69, 9.17) is 14.5 Å². The molecule has 50 heavy (non-hydrogen) atoms. The Balaban J connectivity index is 1.46. The van der Waals surface area contributed by atoms with E-state index < -0.39 is 28.9 Å². The minimum atomic E-state index is -1.66. The van der Waals surface area contributed by atoms with Gasteiger partial charge in [-0.1, -0.05) is 55.9 Å². The van der Waals surface area contributed by atoms with Crippen LogP contribution in [0.4, 0.5) is 4.79 Å². The largest absolute Gasteiger partial charge is 0.497 e. The van der Waals surface area contributed by atoms with Gasteiger partial charge in [0.25, 0.3) is 11.8 Å². The van der Waals surface area contributed by atoms with Crippen molar-refractivity contribution in [3.05, 3.63) is 83.1 Å². The number of ether oxygens (including phenoxy) is 2. The van der Waals surface area contributed by atoms with Gasteiger partial charge in [-0.2, -0.15) is 0 Å². The lowest BCUT2D eigenvalue weighted by Crippen LogP contribution is -2.54. The first kappa shape index (κ1) is 35.5. The summed E-state index contributed by atoms with van der Waals surface area (Å²) in [5.74, 6) is 5.49. The van der Waals surface area contributed by atoms with Crippen LogP contribution in [0.1, 0.15) is 74.1 Å². The van der Waals surface area contributed by atoms with E-state index >= 15 is 0 Å². The normalized spacial score (nSPS) is 17.3. The number of imide groups is 1. The fraction of sp³-hybridized carbons (Fsp3) is 0.333. The van der Waals surface area contributed by atoms with Gasteiger partial charge in [-0.25, -0.2) is 9.78 Å². The van der Waals surface area contributed by atoms with E-state index in [1.54, 1.807) is 82.6 Å². The second-order valence-corrected chi connectivity index (χ2v) is 13.2. The number of aliphatic imine (C=N–C) groups is 1. The molecule has 11 heteroatoms. The number of pyridine rings is 1. The second kappa shape index (κ2) is 14.8. The summed E-state index contributed by atoms with van der Waals surface area (Å²) in [4.78, 5) is 62.2. The Kier molecular flexibility index (Phi) is 10.5. The molecule has 0 aliphatic carbocycles. The van der Waals surface area contributed by atoms with Crippen LogP contribution in [0.5, 0.6) is 11.5 Å². The quantitative estimate of drug-likeness (QED) is 0.0942. The zero-order valence-electron chi connectivity index (χ0n) is 29.2. The number of amides is 4. The number of unbranched alkanes of at least 4 members (excludes halogenated alkanes) is 2. The summed E-state index contributed by atoms with van der Waals surface area (Å²) < 4.78 is 11.1. The molecule has 258 valence electrons. The van der Waals surface area contributed by atoms with E-state index in [-0.39, 0.29) is 19.0 Å². The van der Waals surface area contributed by atoms with Crippen LogP contribution in [0, 0.1) is 17.3 Å². The van der Waals surface area contributed by atoms with Crippen LogP contribution in [0.2, 0.25) is 0 Å². The molecular weight excluding hydrogens is 634 g/mol. The maximum absolute atomic E-state index is 13.3. The lowest BCUT2D eigenvalue weighted by molar-refractivity contribution is -0.143. The van der Waals surface area contributed by atoms with Gasteiger partial charge in [-0.15, -0.1) is 0 Å². The Morgan fingerprint density at radius 3 is 2.50 bits per heavy atom. The topological polar surface area (TPSA) is 139 Å². The third-order valence-corrected chi connectivity index (χ3v) is 8.30. The molecule has 2 aliphatic heterocycles. The summed E-state index contributed by atoms with van der Waals surface area (Å²) >= 11 is 0. The number of aromatic nitrogens is 1. The van der Waals surface area contributed by atoms with Gasteiger partial charge in [0.05, 0.1) is 24.8 Å². The molecule has 2 aromatic carbocycles. The molecule has 3 heterocycles. The fourth-order valence-corrected chi connectivity index (χ4v) is 5.48. The molecule has 4 amide bonds. The van der Waals surface area contributed by atoms with Crippen molar-refractivity contribution in [2.75, 3.05) is 20.7 Å². The third kappa shape index (κ3) is 7.76. The van der Waals surface area contributed by atoms with E-state index in [2.05, 4.69) is 40.5 Å². The number of hydrogen-bond donors (Lipinski definition) is 2. The monoisotopic (exact) mass is 675 g/mol. The number of nitrogens with one attached hydrogen (secondary N) is 2. The Morgan fingerprint density at radius 2 is 1.86 bits per heavy atom. The summed E-state index contributed by atoms with van der Waals surface area (Å²) in [7, 11) is 3.23. The highest BCUT2D eigenvalue weighted by Gasteiger charge is 2.48. The van der Waals surface area contributed by atoms with Crippen molar-refractivity contribution in [1.82, 2.24) is 20.5 Å². The van der Waals surface area contributed by atoms with Crippen molar-refractivity contribution >= 4 is 35.6 Å². The van der Waals surface area contributed by atoms with Crippen molar-refractivity contribution in [3.8, 4) is 34.6 Å². The molecule has 1 atom stereocenters. The zero-order valence-corrected chi connectivity index (χ0v) is 29.2. The number of benzene rings is 2. The van der Waals surface area contributed by atoms with Gasteiger partial charge >= 0.3 is 12.0 Å². The molecule has 0 saturated carbocycles. The average Bonchev–Trinajstić information content (AvgIpc) is 3.55. The number of carbonyl (C=O) groups is 4. The average molecular weight is 676 g/mol. The van der Waals surface area contributed by atoms with Gasteiger partial charge in [0.1, 0.15) is 11.4 Å². The van der Waals surface area contributed by atoms with Crippen molar-refractivity contribution in [2.45, 2.75) is 59.0 Å². The molecule has 1 fully saturated rings. The molecule has 11 nitrogen and oxygen atoms in total. The highest BCUT2D eigenvalue weighted by molar-refractivity contribution is 6.10. The van der Waals surface area contributed by atoms with Gasteiger partial charge in [-0.3, -0.25) is 24.7 Å². The Hall–Kier alpha value is -5.76. The first-order valence-corrected chi connectivity index (χ1v) is 16.5. The van der Waals surface area contributed by atoms with Crippen molar-refractivity contribution in [2.24, 2.45) is 10.4 Å². The number of nitrogens with zero attached hydrogens (tertiary/aromatic N) is 3. The third-order valence-electron chi connectivity index (χ3n) is 8.30. The Morgan fingerprint density at radius 1 is 1.10 bits per heavy atom. The molecule has 3 aromatic rings. The summed E-state index contributed by atoms with van der Waals surface area (Å²) in [6.45, 7) is 7.59. The van der Waals surface area contributed by atoms with E-state index in [9.17, 15) is 19.2 Å². The maximum Gasteiger partial charge on any atom is 0.323 e. The SMILES string of the molecule is CCCC/C=C(\C=NC)c1ccc(OC(=O)C(C)(C)C)c(-c2ccc(C#CC3(CN4Cc5ccc(OC)cc5C4=O)NC(=O)NC3=O)cc2)n1. The van der Waals surface area contributed by atoms with Crippen molar-refractivity contribution < 1.29 is 28.7 Å². The number of hydrogen-bond acceptors (Lipinski definition) is 8. The lowest BCUT2D eigenvalue weighted by Gasteiger charge is -2.26. The predicted octanol–water partition coefficient (Wildman–Crippen LogP) is 5.57. The number of esters is 1. The molecule has 1 saturated heterocycles. The molecule has 0 spiro atoms. The van der Waals surface area contributed by atoms with Crippen LogP contribution >= 0.6 is 0 Å². The minimum absolute atomic E-state index is 0.153. The standard InChI is InChI=1S/C39H41N5O6/c1-7-8-9-10-27(22-40-5)31-17-18-32(50-36(47)38(2,3)4)33(41-31)26-13-11-25(12-14-26)19-20-39(35(46)42-37(48)43-39)24-44-23-28-15-16-29(49-6)21-30(28)34(44)45/h10-18,21-22H,7-9,23-24H2,1-6H3,(H2,42,43,46,48)/b27-10+,40-22?. The van der Waals surface area contributed by atoms with Gasteiger partial charge in [0.15, 0.2) is 5.75 Å². The van der Waals surface area contributed by atoms with Crippen molar-refractivity contribution in [3.63, 3.8) is 0 Å². The van der Waals surface area contributed by atoms with Crippen LogP contribution in [-0.4, -0.2) is 66.2 Å². The van der Waals surface area contributed by atoms with Gasteiger partial charge in [0, 0.05) is 42.1 Å². The molecule has 1 aromatic heterocycles. The van der Waals surface area contributed by atoms with Gasteiger partial charge in [0.2, 0.25) is 5.54 Å². The molecule has 5 rings (SSSR count). The van der Waals surface area contributed by atoms with Crippen LogP contribution in [-0.2, 0) is 16.1 Å². The fourth-order valence-electron chi connectivity index (χ4n) is 5.48. The van der Waals surface area contributed by atoms with Crippen LogP contribution in [0.15, 0.2) is 65.7 Å². The van der Waals surface area contributed by atoms with Crippen molar-refractivity contribution in [1.29, 1.82) is 0 Å². The number of rotatable bonds is 10. The van der Waals surface area contributed by atoms with Crippen LogP contribution in [0.3, 0.4) is 0 Å². The van der Waals surface area contributed by atoms with Crippen LogP contribution in [0.25, 0.3) is 16.8 Å². The number of urea groups is 1. The van der Waals surface area contributed by atoms with E-state index in [0.29, 0.717) is 39.6 Å². The number of methoxy groups -OCH3 is 1. The summed E-state index contributed by atoms with van der Waals surface area (Å²) in [6, 6.07) is 15.2. The smallest absolute Gasteiger partial charge is 0.323 e. The Labute approximate surface area is 292 Å².